The summed E-state index contributed by atoms with van der Waals surface area (Å²) in [6.07, 6.45) is 1.64. The molecule has 1 aliphatic rings. The number of ether oxygens (including phenoxy) is 1. The van der Waals surface area contributed by atoms with Crippen LogP contribution in [0.4, 0.5) is 5.69 Å². The monoisotopic (exact) mass is 263 g/mol. The molecule has 0 atom stereocenters. The van der Waals surface area contributed by atoms with Gasteiger partial charge in [0.05, 0.1) is 23.5 Å². The van der Waals surface area contributed by atoms with Gasteiger partial charge in [-0.3, -0.25) is 9.78 Å². The molecule has 5 heteroatoms. The zero-order chi connectivity index (χ0) is 14.0. The third kappa shape index (κ3) is 3.04. The van der Waals surface area contributed by atoms with E-state index in [0.717, 1.165) is 11.4 Å². The van der Waals surface area contributed by atoms with Crippen LogP contribution in [-0.4, -0.2) is 48.1 Å². The number of amides is 1. The number of nitrogens with zero attached hydrogens (tertiary/aromatic N) is 2. The highest BCUT2D eigenvalue weighted by Crippen LogP contribution is 2.22. The number of carbonyl (C=O) groups excluding carboxylic acids is 1. The molecule has 1 amide bonds. The Labute approximate surface area is 114 Å². The van der Waals surface area contributed by atoms with Crippen LogP contribution in [0, 0.1) is 6.92 Å². The molecule has 1 fully saturated rings. The maximum atomic E-state index is 12.6. The Morgan fingerprint density at radius 1 is 1.53 bits per heavy atom. The largest absolute Gasteiger partial charge is 0.387 e. The van der Waals surface area contributed by atoms with Gasteiger partial charge in [0.2, 0.25) is 0 Å². The highest BCUT2D eigenvalue weighted by molar-refractivity contribution is 5.99. The van der Waals surface area contributed by atoms with Crippen molar-refractivity contribution in [3.8, 4) is 0 Å². The molecule has 2 heterocycles. The van der Waals surface area contributed by atoms with Crippen molar-refractivity contribution in [2.75, 3.05) is 32.1 Å². The van der Waals surface area contributed by atoms with Crippen LogP contribution in [0.15, 0.2) is 12.3 Å². The molecule has 1 aromatic heterocycles. The topological polar surface area (TPSA) is 54.5 Å². The summed E-state index contributed by atoms with van der Waals surface area (Å²) >= 11 is 0. The number of rotatable bonds is 2. The number of morpholine rings is 1. The molecule has 0 unspecified atom stereocenters. The summed E-state index contributed by atoms with van der Waals surface area (Å²) in [6, 6.07) is 1.89. The van der Waals surface area contributed by atoms with E-state index in [1.54, 1.807) is 6.20 Å². The summed E-state index contributed by atoms with van der Waals surface area (Å²) in [4.78, 5) is 18.6. The van der Waals surface area contributed by atoms with E-state index < -0.39 is 0 Å². The van der Waals surface area contributed by atoms with E-state index in [4.69, 9.17) is 4.74 Å². The molecule has 19 heavy (non-hydrogen) atoms. The molecular weight excluding hydrogens is 242 g/mol. The molecule has 0 aromatic carbocycles. The molecule has 0 radical (unpaired) electrons. The highest BCUT2D eigenvalue weighted by Gasteiger charge is 2.31. The van der Waals surface area contributed by atoms with Gasteiger partial charge < -0.3 is 15.0 Å². The van der Waals surface area contributed by atoms with Crippen LogP contribution in [0.3, 0.4) is 0 Å². The van der Waals surface area contributed by atoms with Gasteiger partial charge in [0, 0.05) is 32.0 Å². The molecule has 104 valence electrons. The normalized spacial score (nSPS) is 18.2. The van der Waals surface area contributed by atoms with Crippen molar-refractivity contribution in [2.45, 2.75) is 26.4 Å². The number of nitrogens with one attached hydrogen (secondary N) is 1. The molecular formula is C14H21N3O2. The van der Waals surface area contributed by atoms with Crippen molar-refractivity contribution in [1.82, 2.24) is 9.88 Å². The van der Waals surface area contributed by atoms with E-state index in [2.05, 4.69) is 10.3 Å². The second-order valence-electron chi connectivity index (χ2n) is 5.46. The number of pyridine rings is 1. The minimum absolute atomic E-state index is 0.00762. The van der Waals surface area contributed by atoms with E-state index in [9.17, 15) is 4.79 Å². The summed E-state index contributed by atoms with van der Waals surface area (Å²) in [5.41, 5.74) is 2.04. The summed E-state index contributed by atoms with van der Waals surface area (Å²) < 4.78 is 5.63. The molecule has 1 saturated heterocycles. The Balaban J connectivity index is 2.24. The molecule has 0 spiro atoms. The first-order chi connectivity index (χ1) is 8.93. The molecule has 0 aliphatic carbocycles. The van der Waals surface area contributed by atoms with Gasteiger partial charge in [-0.2, -0.15) is 0 Å². The smallest absolute Gasteiger partial charge is 0.257 e. The second kappa shape index (κ2) is 5.17. The molecule has 1 aromatic rings. The molecule has 0 bridgehead atoms. The standard InChI is InChI=1S/C14H21N3O2/c1-10-7-12(15-4)11(8-16-10)13(18)17-5-6-19-14(2,3)9-17/h7-8H,5-6,9H2,1-4H3,(H,15,16). The lowest BCUT2D eigenvalue weighted by Gasteiger charge is -2.38. The highest BCUT2D eigenvalue weighted by atomic mass is 16.5. The van der Waals surface area contributed by atoms with Gasteiger partial charge in [-0.15, -0.1) is 0 Å². The predicted octanol–water partition coefficient (Wildman–Crippen LogP) is 1.68. The van der Waals surface area contributed by atoms with Gasteiger partial charge in [-0.25, -0.2) is 0 Å². The van der Waals surface area contributed by atoms with Crippen LogP contribution >= 0.6 is 0 Å². The Morgan fingerprint density at radius 2 is 2.26 bits per heavy atom. The van der Waals surface area contributed by atoms with Gasteiger partial charge >= 0.3 is 0 Å². The van der Waals surface area contributed by atoms with Crippen LogP contribution < -0.4 is 5.32 Å². The Morgan fingerprint density at radius 3 is 2.89 bits per heavy atom. The van der Waals surface area contributed by atoms with Crippen LogP contribution in [0.5, 0.6) is 0 Å². The average Bonchev–Trinajstić information content (AvgIpc) is 2.36. The fraction of sp³-hybridized carbons (Fsp3) is 0.571. The SMILES string of the molecule is CNc1cc(C)ncc1C(=O)N1CCOC(C)(C)C1. The summed E-state index contributed by atoms with van der Waals surface area (Å²) in [7, 11) is 1.81. The number of aryl methyl sites for hydroxylation is 1. The van der Waals surface area contributed by atoms with Gasteiger partial charge in [0.1, 0.15) is 0 Å². The lowest BCUT2D eigenvalue weighted by Crippen LogP contribution is -2.50. The Kier molecular flexibility index (Phi) is 3.75. The zero-order valence-corrected chi connectivity index (χ0v) is 12.0. The van der Waals surface area contributed by atoms with Gasteiger partial charge in [-0.1, -0.05) is 0 Å². The number of anilines is 1. The van der Waals surface area contributed by atoms with Crippen molar-refractivity contribution in [3.63, 3.8) is 0 Å². The van der Waals surface area contributed by atoms with Crippen LogP contribution in [0.25, 0.3) is 0 Å². The van der Waals surface area contributed by atoms with Gasteiger partial charge in [0.15, 0.2) is 0 Å². The van der Waals surface area contributed by atoms with Gasteiger partial charge in [0.25, 0.3) is 5.91 Å². The van der Waals surface area contributed by atoms with Crippen molar-refractivity contribution < 1.29 is 9.53 Å². The van der Waals surface area contributed by atoms with Crippen molar-refractivity contribution in [1.29, 1.82) is 0 Å². The lowest BCUT2D eigenvalue weighted by atomic mass is 10.1. The van der Waals surface area contributed by atoms with E-state index in [-0.39, 0.29) is 11.5 Å². The van der Waals surface area contributed by atoms with E-state index in [1.807, 2.05) is 38.8 Å². The second-order valence-corrected chi connectivity index (χ2v) is 5.46. The van der Waals surface area contributed by atoms with Crippen molar-refractivity contribution >= 4 is 11.6 Å². The molecule has 0 saturated carbocycles. The number of hydrogen-bond donors (Lipinski definition) is 1. The summed E-state index contributed by atoms with van der Waals surface area (Å²) in [5.74, 6) is 0.00762. The molecule has 5 nitrogen and oxygen atoms in total. The maximum Gasteiger partial charge on any atom is 0.257 e. The molecule has 1 aliphatic heterocycles. The molecule has 2 rings (SSSR count). The van der Waals surface area contributed by atoms with E-state index in [0.29, 0.717) is 25.3 Å². The third-order valence-corrected chi connectivity index (χ3v) is 3.25. The predicted molar refractivity (Wildman–Crippen MR) is 74.5 cm³/mol. The van der Waals surface area contributed by atoms with E-state index in [1.165, 1.54) is 0 Å². The fourth-order valence-electron chi connectivity index (χ4n) is 2.30. The van der Waals surface area contributed by atoms with E-state index >= 15 is 0 Å². The zero-order valence-electron chi connectivity index (χ0n) is 12.0. The van der Waals surface area contributed by atoms with Crippen LogP contribution in [0.2, 0.25) is 0 Å². The number of hydrogen-bond acceptors (Lipinski definition) is 4. The van der Waals surface area contributed by atoms with Crippen molar-refractivity contribution in [2.24, 2.45) is 0 Å². The van der Waals surface area contributed by atoms with Gasteiger partial charge in [-0.05, 0) is 26.8 Å². The Bertz CT molecular complexity index is 486. The average molecular weight is 263 g/mol. The van der Waals surface area contributed by atoms with Crippen LogP contribution in [-0.2, 0) is 4.74 Å². The Hall–Kier alpha value is -1.62. The first-order valence-electron chi connectivity index (χ1n) is 6.50. The fourth-order valence-corrected chi connectivity index (χ4v) is 2.30. The minimum Gasteiger partial charge on any atom is -0.387 e. The maximum absolute atomic E-state index is 12.6. The van der Waals surface area contributed by atoms with Crippen LogP contribution in [0.1, 0.15) is 29.9 Å². The lowest BCUT2D eigenvalue weighted by molar-refractivity contribution is -0.0763. The quantitative estimate of drug-likeness (QED) is 0.882. The summed E-state index contributed by atoms with van der Waals surface area (Å²) in [5, 5.41) is 3.06. The first kappa shape index (κ1) is 13.8. The minimum atomic E-state index is -0.286. The third-order valence-electron chi connectivity index (χ3n) is 3.25. The van der Waals surface area contributed by atoms with Crippen molar-refractivity contribution in [3.05, 3.63) is 23.5 Å². The first-order valence-corrected chi connectivity index (χ1v) is 6.50. The number of aromatic nitrogens is 1. The molecule has 1 N–H and O–H groups in total. The number of carbonyl (C=O) groups is 1. The summed E-state index contributed by atoms with van der Waals surface area (Å²) in [6.45, 7) is 7.71.